The van der Waals surface area contributed by atoms with Crippen molar-refractivity contribution >= 4 is 45.2 Å². The number of para-hydroxylation sites is 1. The SMILES string of the molecule is Cn1c(=O)sc2cc(/C=C/C(=O)Nc3ccccc3C(=O)O)ccc21. The summed E-state index contributed by atoms with van der Waals surface area (Å²) in [6.45, 7) is 0. The maximum Gasteiger partial charge on any atom is 0.337 e. The summed E-state index contributed by atoms with van der Waals surface area (Å²) < 4.78 is 2.41. The van der Waals surface area contributed by atoms with Crippen molar-refractivity contribution in [2.45, 2.75) is 0 Å². The molecule has 0 unspecified atom stereocenters. The Morgan fingerprint density at radius 3 is 2.72 bits per heavy atom. The lowest BCUT2D eigenvalue weighted by Crippen LogP contribution is -2.11. The number of fused-ring (bicyclic) bond motifs is 1. The van der Waals surface area contributed by atoms with E-state index in [2.05, 4.69) is 5.32 Å². The number of nitrogens with one attached hydrogen (secondary N) is 1. The molecule has 0 radical (unpaired) electrons. The Labute approximate surface area is 146 Å². The normalized spacial score (nSPS) is 11.1. The first-order valence-electron chi connectivity index (χ1n) is 7.36. The molecule has 25 heavy (non-hydrogen) atoms. The van der Waals surface area contributed by atoms with Crippen molar-refractivity contribution in [1.29, 1.82) is 0 Å². The van der Waals surface area contributed by atoms with Crippen molar-refractivity contribution in [2.24, 2.45) is 7.05 Å². The van der Waals surface area contributed by atoms with E-state index in [1.54, 1.807) is 29.8 Å². The van der Waals surface area contributed by atoms with Crippen molar-refractivity contribution in [3.63, 3.8) is 0 Å². The summed E-state index contributed by atoms with van der Waals surface area (Å²) in [5.74, 6) is -1.54. The number of carbonyl (C=O) groups is 2. The molecular weight excluding hydrogens is 340 g/mol. The predicted octanol–water partition coefficient (Wildman–Crippen LogP) is 2.95. The number of carbonyl (C=O) groups excluding carboxylic acids is 1. The van der Waals surface area contributed by atoms with Gasteiger partial charge in [0, 0.05) is 13.1 Å². The molecule has 0 aliphatic rings. The maximum absolute atomic E-state index is 12.0. The fourth-order valence-corrected chi connectivity index (χ4v) is 3.31. The Morgan fingerprint density at radius 1 is 1.20 bits per heavy atom. The molecule has 0 atom stereocenters. The van der Waals surface area contributed by atoms with Gasteiger partial charge in [-0.2, -0.15) is 0 Å². The van der Waals surface area contributed by atoms with E-state index in [0.29, 0.717) is 0 Å². The van der Waals surface area contributed by atoms with Gasteiger partial charge in [-0.3, -0.25) is 9.59 Å². The average molecular weight is 354 g/mol. The highest BCUT2D eigenvalue weighted by molar-refractivity contribution is 7.16. The number of aromatic nitrogens is 1. The molecule has 2 aromatic carbocycles. The Hall–Kier alpha value is -3.19. The van der Waals surface area contributed by atoms with Gasteiger partial charge in [0.1, 0.15) is 0 Å². The lowest BCUT2D eigenvalue weighted by molar-refractivity contribution is -0.111. The highest BCUT2D eigenvalue weighted by Crippen LogP contribution is 2.19. The Bertz CT molecular complexity index is 1060. The lowest BCUT2D eigenvalue weighted by atomic mass is 10.1. The third-order valence-electron chi connectivity index (χ3n) is 3.66. The second-order valence-electron chi connectivity index (χ2n) is 5.33. The molecule has 0 fully saturated rings. The summed E-state index contributed by atoms with van der Waals surface area (Å²) in [6, 6.07) is 11.7. The molecule has 1 heterocycles. The number of hydrogen-bond donors (Lipinski definition) is 2. The molecule has 2 N–H and O–H groups in total. The molecule has 1 amide bonds. The molecule has 6 nitrogen and oxygen atoms in total. The molecule has 126 valence electrons. The minimum absolute atomic E-state index is 0.0275. The van der Waals surface area contributed by atoms with Crippen molar-refractivity contribution in [2.75, 3.05) is 5.32 Å². The van der Waals surface area contributed by atoms with Gasteiger partial charge in [0.25, 0.3) is 0 Å². The van der Waals surface area contributed by atoms with Crippen LogP contribution in [0.2, 0.25) is 0 Å². The second kappa shape index (κ2) is 6.74. The van der Waals surface area contributed by atoms with Crippen LogP contribution < -0.4 is 10.2 Å². The van der Waals surface area contributed by atoms with Gasteiger partial charge in [-0.25, -0.2) is 4.79 Å². The molecule has 0 saturated carbocycles. The number of aromatic carboxylic acids is 1. The number of nitrogens with zero attached hydrogens (tertiary/aromatic N) is 1. The van der Waals surface area contributed by atoms with Crippen LogP contribution in [0.1, 0.15) is 15.9 Å². The minimum atomic E-state index is -1.11. The Morgan fingerprint density at radius 2 is 1.96 bits per heavy atom. The third kappa shape index (κ3) is 3.51. The molecule has 1 aromatic heterocycles. The summed E-state index contributed by atoms with van der Waals surface area (Å²) in [5.41, 5.74) is 1.88. The zero-order chi connectivity index (χ0) is 18.0. The fourth-order valence-electron chi connectivity index (χ4n) is 2.38. The highest BCUT2D eigenvalue weighted by atomic mass is 32.1. The van der Waals surface area contributed by atoms with Gasteiger partial charge in [-0.15, -0.1) is 0 Å². The summed E-state index contributed by atoms with van der Waals surface area (Å²) in [7, 11) is 1.71. The summed E-state index contributed by atoms with van der Waals surface area (Å²) >= 11 is 1.14. The van der Waals surface area contributed by atoms with Crippen LogP contribution in [0, 0.1) is 0 Å². The number of carboxylic acids is 1. The number of benzene rings is 2. The van der Waals surface area contributed by atoms with Gasteiger partial charge in [0.15, 0.2) is 0 Å². The number of amides is 1. The number of anilines is 1. The van der Waals surface area contributed by atoms with Crippen molar-refractivity contribution in [1.82, 2.24) is 4.57 Å². The van der Waals surface area contributed by atoms with Crippen LogP contribution >= 0.6 is 11.3 Å². The van der Waals surface area contributed by atoms with Crippen LogP contribution in [-0.2, 0) is 11.8 Å². The van der Waals surface area contributed by atoms with E-state index in [9.17, 15) is 14.4 Å². The van der Waals surface area contributed by atoms with Gasteiger partial charge in [0.05, 0.1) is 21.5 Å². The van der Waals surface area contributed by atoms with E-state index in [0.717, 1.165) is 27.1 Å². The molecule has 3 aromatic rings. The van der Waals surface area contributed by atoms with Crippen LogP contribution in [0.4, 0.5) is 5.69 Å². The van der Waals surface area contributed by atoms with Gasteiger partial charge in [0.2, 0.25) is 5.91 Å². The van der Waals surface area contributed by atoms with E-state index in [4.69, 9.17) is 5.11 Å². The van der Waals surface area contributed by atoms with E-state index < -0.39 is 11.9 Å². The molecule has 0 bridgehead atoms. The largest absolute Gasteiger partial charge is 0.478 e. The van der Waals surface area contributed by atoms with Crippen LogP contribution in [0.5, 0.6) is 0 Å². The zero-order valence-electron chi connectivity index (χ0n) is 13.2. The third-order valence-corrected chi connectivity index (χ3v) is 4.65. The van der Waals surface area contributed by atoms with Gasteiger partial charge < -0.3 is 15.0 Å². The molecule has 3 rings (SSSR count). The van der Waals surface area contributed by atoms with Crippen molar-refractivity contribution < 1.29 is 14.7 Å². The minimum Gasteiger partial charge on any atom is -0.478 e. The van der Waals surface area contributed by atoms with Crippen molar-refractivity contribution in [3.05, 3.63) is 69.3 Å². The monoisotopic (exact) mass is 354 g/mol. The lowest BCUT2D eigenvalue weighted by Gasteiger charge is -2.05. The van der Waals surface area contributed by atoms with E-state index >= 15 is 0 Å². The van der Waals surface area contributed by atoms with Crippen molar-refractivity contribution in [3.8, 4) is 0 Å². The number of aryl methyl sites for hydroxylation is 1. The van der Waals surface area contributed by atoms with Gasteiger partial charge >= 0.3 is 10.8 Å². The number of carboxylic acid groups (broad SMARTS) is 1. The van der Waals surface area contributed by atoms with E-state index in [1.807, 2.05) is 18.2 Å². The first-order valence-corrected chi connectivity index (χ1v) is 8.18. The number of rotatable bonds is 4. The summed E-state index contributed by atoms with van der Waals surface area (Å²) in [6.07, 6.45) is 2.94. The molecule has 0 spiro atoms. The smallest absolute Gasteiger partial charge is 0.337 e. The van der Waals surface area contributed by atoms with Gasteiger partial charge in [-0.1, -0.05) is 29.5 Å². The number of hydrogen-bond acceptors (Lipinski definition) is 4. The predicted molar refractivity (Wildman–Crippen MR) is 98.1 cm³/mol. The topological polar surface area (TPSA) is 88.4 Å². The maximum atomic E-state index is 12.0. The summed E-state index contributed by atoms with van der Waals surface area (Å²) in [4.78, 5) is 34.8. The average Bonchev–Trinajstić information content (AvgIpc) is 2.87. The summed E-state index contributed by atoms with van der Waals surface area (Å²) in [5, 5.41) is 11.7. The number of thiazole rings is 1. The second-order valence-corrected chi connectivity index (χ2v) is 6.32. The first-order chi connectivity index (χ1) is 12.0. The first kappa shape index (κ1) is 16.7. The van der Waals surface area contributed by atoms with Crippen LogP contribution in [0.25, 0.3) is 16.3 Å². The van der Waals surface area contributed by atoms with E-state index in [-0.39, 0.29) is 16.1 Å². The van der Waals surface area contributed by atoms with E-state index in [1.165, 1.54) is 18.2 Å². The van der Waals surface area contributed by atoms with Crippen LogP contribution in [0.15, 0.2) is 53.3 Å². The standard InChI is InChI=1S/C18H14N2O4S/c1-20-14-8-6-11(10-15(14)25-18(20)24)7-9-16(21)19-13-5-3-2-4-12(13)17(22)23/h2-10H,1H3,(H,19,21)(H,22,23)/b9-7+. The van der Waals surface area contributed by atoms with Crippen LogP contribution in [0.3, 0.4) is 0 Å². The quantitative estimate of drug-likeness (QED) is 0.705. The Balaban J connectivity index is 1.79. The fraction of sp³-hybridized carbons (Fsp3) is 0.0556. The molecular formula is C18H14N2O4S. The molecule has 0 aliphatic carbocycles. The highest BCUT2D eigenvalue weighted by Gasteiger charge is 2.10. The molecule has 0 saturated heterocycles. The van der Waals surface area contributed by atoms with Crippen LogP contribution in [-0.4, -0.2) is 21.6 Å². The molecule has 0 aliphatic heterocycles. The Kier molecular flexibility index (Phi) is 4.49. The zero-order valence-corrected chi connectivity index (χ0v) is 14.0. The van der Waals surface area contributed by atoms with Gasteiger partial charge in [-0.05, 0) is 35.9 Å². The molecule has 7 heteroatoms.